The van der Waals surface area contributed by atoms with E-state index in [1.165, 1.54) is 6.33 Å². The molecule has 1 aliphatic rings. The maximum Gasteiger partial charge on any atom is 0.347 e. The second kappa shape index (κ2) is 7.95. The largest absolute Gasteiger partial charge is 0.504 e. The number of benzene rings is 1. The molecule has 0 unspecified atom stereocenters. The first-order valence-corrected chi connectivity index (χ1v) is 9.85. The Bertz CT molecular complexity index is 1410. The summed E-state index contributed by atoms with van der Waals surface area (Å²) < 4.78 is 11.0. The second-order valence-corrected chi connectivity index (χ2v) is 6.89. The molecule has 158 valence electrons. The second-order valence-electron chi connectivity index (χ2n) is 6.89. The van der Waals surface area contributed by atoms with Crippen LogP contribution in [-0.4, -0.2) is 38.8 Å². The van der Waals surface area contributed by atoms with Gasteiger partial charge in [-0.3, -0.25) is 0 Å². The fraction of sp³-hybridized carbons (Fsp3) is 0.0870. The molecule has 32 heavy (non-hydrogen) atoms. The monoisotopic (exact) mass is 427 g/mol. The summed E-state index contributed by atoms with van der Waals surface area (Å²) in [6.45, 7) is 1.84. The van der Waals surface area contributed by atoms with Crippen molar-refractivity contribution < 1.29 is 19.1 Å². The molecule has 0 saturated heterocycles. The van der Waals surface area contributed by atoms with Crippen LogP contribution in [0.5, 0.6) is 5.75 Å². The predicted octanol–water partition coefficient (Wildman–Crippen LogP) is 4.50. The maximum atomic E-state index is 12.6. The number of aromatic hydroxyl groups is 1. The number of ether oxygens (including phenoxy) is 1. The number of allylic oxidation sites excluding steroid dienone is 1. The maximum absolute atomic E-state index is 12.6. The highest BCUT2D eigenvalue weighted by Gasteiger charge is 2.27. The minimum atomic E-state index is -0.702. The number of nitrogens with one attached hydrogen (secondary N) is 1. The molecule has 0 amide bonds. The van der Waals surface area contributed by atoms with E-state index in [0.29, 0.717) is 17.1 Å². The van der Waals surface area contributed by atoms with Crippen molar-refractivity contribution >= 4 is 52.1 Å². The van der Waals surface area contributed by atoms with Crippen molar-refractivity contribution in [1.29, 1.82) is 0 Å². The predicted molar refractivity (Wildman–Crippen MR) is 119 cm³/mol. The van der Waals surface area contributed by atoms with Crippen molar-refractivity contribution in [1.82, 2.24) is 15.0 Å². The van der Waals surface area contributed by atoms with Crippen molar-refractivity contribution in [2.45, 2.75) is 6.92 Å². The highest BCUT2D eigenvalue weighted by molar-refractivity contribution is 6.21. The number of nitrogens with zero attached hydrogens (tertiary/aromatic N) is 4. The summed E-state index contributed by atoms with van der Waals surface area (Å²) in [5, 5.41) is 14.7. The number of anilines is 2. The van der Waals surface area contributed by atoms with Crippen LogP contribution in [-0.2, 0) is 4.74 Å². The zero-order valence-corrected chi connectivity index (χ0v) is 16.9. The third kappa shape index (κ3) is 3.45. The van der Waals surface area contributed by atoms with Crippen LogP contribution in [0.25, 0.3) is 22.6 Å². The van der Waals surface area contributed by atoms with Crippen molar-refractivity contribution in [3.05, 3.63) is 65.9 Å². The molecule has 9 heteroatoms. The van der Waals surface area contributed by atoms with Gasteiger partial charge in [0.05, 0.1) is 12.1 Å². The van der Waals surface area contributed by atoms with Crippen molar-refractivity contribution in [2.75, 3.05) is 11.9 Å². The third-order valence-electron chi connectivity index (χ3n) is 4.86. The Morgan fingerprint density at radius 1 is 1.28 bits per heavy atom. The lowest BCUT2D eigenvalue weighted by atomic mass is 10.1. The number of carbonyl (C=O) groups is 1. The van der Waals surface area contributed by atoms with E-state index in [2.05, 4.69) is 25.3 Å². The van der Waals surface area contributed by atoms with E-state index in [1.807, 2.05) is 18.2 Å². The SMILES string of the molecule is CCOC(=O)c1c(Nc2ccc3ncncc3c2)oc(C=C2C=Nc3ncccc32)c1O. The Kier molecular flexibility index (Phi) is 4.83. The number of aromatic nitrogens is 3. The molecule has 4 heterocycles. The lowest BCUT2D eigenvalue weighted by molar-refractivity contribution is 0.0524. The number of hydrogen-bond acceptors (Lipinski definition) is 9. The molecule has 9 nitrogen and oxygen atoms in total. The minimum Gasteiger partial charge on any atom is -0.504 e. The standard InChI is InChI=1S/C23H17N5O4/c1-2-31-23(30)19-20(29)18(9-13-11-26-21-16(13)4-3-7-25-21)32-22(19)28-15-5-6-17-14(8-15)10-24-12-27-17/h3-12,28-29H,2H2,1H3. The van der Waals surface area contributed by atoms with Gasteiger partial charge in [0.1, 0.15) is 6.33 Å². The molecule has 2 N–H and O–H groups in total. The van der Waals surface area contributed by atoms with Gasteiger partial charge in [0.2, 0.25) is 5.88 Å². The van der Waals surface area contributed by atoms with Crippen LogP contribution in [0.2, 0.25) is 0 Å². The van der Waals surface area contributed by atoms with Crippen LogP contribution < -0.4 is 5.32 Å². The van der Waals surface area contributed by atoms with Crippen molar-refractivity contribution in [3.8, 4) is 5.75 Å². The Balaban J connectivity index is 1.56. The zero-order valence-electron chi connectivity index (χ0n) is 16.9. The van der Waals surface area contributed by atoms with Crippen molar-refractivity contribution in [3.63, 3.8) is 0 Å². The Hall–Kier alpha value is -4.53. The Morgan fingerprint density at radius 2 is 2.19 bits per heavy atom. The van der Waals surface area contributed by atoms with Gasteiger partial charge in [0, 0.05) is 40.8 Å². The zero-order chi connectivity index (χ0) is 22.1. The van der Waals surface area contributed by atoms with E-state index in [1.54, 1.807) is 43.7 Å². The molecule has 1 aliphatic heterocycles. The summed E-state index contributed by atoms with van der Waals surface area (Å²) in [5.41, 5.74) is 2.80. The number of fused-ring (bicyclic) bond motifs is 2. The van der Waals surface area contributed by atoms with Crippen LogP contribution in [0, 0.1) is 0 Å². The van der Waals surface area contributed by atoms with Gasteiger partial charge in [-0.15, -0.1) is 0 Å². The average Bonchev–Trinajstić information content (AvgIpc) is 3.35. The fourth-order valence-electron chi connectivity index (χ4n) is 3.39. The quantitative estimate of drug-likeness (QED) is 0.446. The summed E-state index contributed by atoms with van der Waals surface area (Å²) >= 11 is 0. The summed E-state index contributed by atoms with van der Waals surface area (Å²) in [7, 11) is 0. The number of hydrogen-bond donors (Lipinski definition) is 2. The lowest BCUT2D eigenvalue weighted by Crippen LogP contribution is -2.06. The van der Waals surface area contributed by atoms with E-state index in [0.717, 1.165) is 16.5 Å². The van der Waals surface area contributed by atoms with Gasteiger partial charge in [-0.2, -0.15) is 0 Å². The molecule has 3 aromatic heterocycles. The number of pyridine rings is 1. The summed E-state index contributed by atoms with van der Waals surface area (Å²) in [6, 6.07) is 9.07. The van der Waals surface area contributed by atoms with Crippen LogP contribution in [0.4, 0.5) is 17.4 Å². The normalized spacial score (nSPS) is 13.5. The van der Waals surface area contributed by atoms with E-state index < -0.39 is 5.97 Å². The van der Waals surface area contributed by atoms with Gasteiger partial charge in [-0.25, -0.2) is 24.7 Å². The summed E-state index contributed by atoms with van der Waals surface area (Å²) in [6.07, 6.45) is 8.03. The summed E-state index contributed by atoms with van der Waals surface area (Å²) in [4.78, 5) is 29.2. The molecule has 0 fully saturated rings. The van der Waals surface area contributed by atoms with Gasteiger partial charge in [-0.1, -0.05) is 0 Å². The first-order valence-electron chi connectivity index (χ1n) is 9.85. The number of esters is 1. The smallest absolute Gasteiger partial charge is 0.347 e. The van der Waals surface area contributed by atoms with Gasteiger partial charge >= 0.3 is 5.97 Å². The van der Waals surface area contributed by atoms with E-state index in [-0.39, 0.29) is 29.6 Å². The molecule has 0 aliphatic carbocycles. The summed E-state index contributed by atoms with van der Waals surface area (Å²) in [5.74, 6) is -0.296. The molecule has 1 aromatic carbocycles. The van der Waals surface area contributed by atoms with E-state index >= 15 is 0 Å². The van der Waals surface area contributed by atoms with Crippen LogP contribution in [0.1, 0.15) is 28.6 Å². The first-order chi connectivity index (χ1) is 15.6. The van der Waals surface area contributed by atoms with E-state index in [4.69, 9.17) is 9.15 Å². The van der Waals surface area contributed by atoms with Crippen LogP contribution in [0.3, 0.4) is 0 Å². The molecule has 5 rings (SSSR count). The first kappa shape index (κ1) is 19.4. The third-order valence-corrected chi connectivity index (χ3v) is 4.86. The number of aliphatic imine (C=N–C) groups is 1. The van der Waals surface area contributed by atoms with Gasteiger partial charge in [0.25, 0.3) is 0 Å². The number of carbonyl (C=O) groups excluding carboxylic acids is 1. The van der Waals surface area contributed by atoms with Gasteiger partial charge in [-0.05, 0) is 43.3 Å². The Labute approximate surface area is 182 Å². The average molecular weight is 427 g/mol. The number of rotatable bonds is 5. The molecule has 0 radical (unpaired) electrons. The number of furan rings is 1. The fourth-order valence-corrected chi connectivity index (χ4v) is 3.39. The molecular formula is C23H17N5O4. The van der Waals surface area contributed by atoms with Crippen molar-refractivity contribution in [2.24, 2.45) is 4.99 Å². The lowest BCUT2D eigenvalue weighted by Gasteiger charge is -2.07. The molecule has 0 spiro atoms. The minimum absolute atomic E-state index is 0.0605. The van der Waals surface area contributed by atoms with Crippen LogP contribution in [0.15, 0.2) is 58.5 Å². The molecular weight excluding hydrogens is 410 g/mol. The topological polar surface area (TPSA) is 123 Å². The van der Waals surface area contributed by atoms with Gasteiger partial charge < -0.3 is 19.6 Å². The Morgan fingerprint density at radius 3 is 3.06 bits per heavy atom. The van der Waals surface area contributed by atoms with E-state index in [9.17, 15) is 9.90 Å². The van der Waals surface area contributed by atoms with Crippen LogP contribution >= 0.6 is 0 Å². The highest BCUT2D eigenvalue weighted by atomic mass is 16.5. The molecule has 0 bridgehead atoms. The molecule has 4 aromatic rings. The molecule has 0 atom stereocenters. The highest BCUT2D eigenvalue weighted by Crippen LogP contribution is 2.39. The molecule has 0 saturated carbocycles. The van der Waals surface area contributed by atoms with Gasteiger partial charge in [0.15, 0.2) is 22.9 Å².